The molecular formula is C26H36N2. The van der Waals surface area contributed by atoms with Gasteiger partial charge in [0.2, 0.25) is 0 Å². The zero-order valence-electron chi connectivity index (χ0n) is 17.7. The Morgan fingerprint density at radius 3 is 1.43 bits per heavy atom. The van der Waals surface area contributed by atoms with Crippen molar-refractivity contribution in [2.75, 3.05) is 27.2 Å². The van der Waals surface area contributed by atoms with Crippen LogP contribution in [0.4, 0.5) is 0 Å². The molecule has 0 N–H and O–H groups in total. The SMILES string of the molecule is C=Cc1ccccc1CN(C)CCCCCCN(C)Cc1ccccc1C=C. The van der Waals surface area contributed by atoms with Gasteiger partial charge in [-0.05, 0) is 62.3 Å². The van der Waals surface area contributed by atoms with Gasteiger partial charge >= 0.3 is 0 Å². The average Bonchev–Trinajstić information content (AvgIpc) is 2.71. The van der Waals surface area contributed by atoms with E-state index in [0.717, 1.165) is 26.2 Å². The quantitative estimate of drug-likeness (QED) is 0.390. The van der Waals surface area contributed by atoms with Crippen LogP contribution in [0.3, 0.4) is 0 Å². The Morgan fingerprint density at radius 1 is 0.643 bits per heavy atom. The Balaban J connectivity index is 1.60. The van der Waals surface area contributed by atoms with Crippen LogP contribution in [-0.4, -0.2) is 37.0 Å². The minimum Gasteiger partial charge on any atom is -0.302 e. The van der Waals surface area contributed by atoms with Crippen LogP contribution in [0.1, 0.15) is 47.9 Å². The molecule has 2 rings (SSSR count). The Bertz CT molecular complexity index is 671. The second-order valence-corrected chi connectivity index (χ2v) is 7.70. The van der Waals surface area contributed by atoms with Gasteiger partial charge in [-0.15, -0.1) is 0 Å². The second-order valence-electron chi connectivity index (χ2n) is 7.70. The summed E-state index contributed by atoms with van der Waals surface area (Å²) in [5, 5.41) is 0. The summed E-state index contributed by atoms with van der Waals surface area (Å²) in [5.41, 5.74) is 5.22. The number of unbranched alkanes of at least 4 members (excludes halogenated alkanes) is 3. The summed E-state index contributed by atoms with van der Waals surface area (Å²) in [7, 11) is 4.43. The molecule has 0 aliphatic rings. The van der Waals surface area contributed by atoms with E-state index in [1.807, 2.05) is 12.2 Å². The van der Waals surface area contributed by atoms with Crippen LogP contribution in [0.5, 0.6) is 0 Å². The van der Waals surface area contributed by atoms with Crippen molar-refractivity contribution in [1.29, 1.82) is 0 Å². The first kappa shape index (κ1) is 22.1. The fourth-order valence-corrected chi connectivity index (χ4v) is 3.61. The van der Waals surface area contributed by atoms with Crippen LogP contribution in [0.15, 0.2) is 61.7 Å². The van der Waals surface area contributed by atoms with Gasteiger partial charge in [0.25, 0.3) is 0 Å². The van der Waals surface area contributed by atoms with Gasteiger partial charge in [-0.1, -0.05) is 86.7 Å². The number of rotatable bonds is 13. The van der Waals surface area contributed by atoms with Gasteiger partial charge in [0.15, 0.2) is 0 Å². The lowest BCUT2D eigenvalue weighted by molar-refractivity contribution is 0.302. The van der Waals surface area contributed by atoms with E-state index >= 15 is 0 Å². The van der Waals surface area contributed by atoms with Crippen molar-refractivity contribution in [3.05, 3.63) is 83.9 Å². The third-order valence-corrected chi connectivity index (χ3v) is 5.26. The van der Waals surface area contributed by atoms with Crippen molar-refractivity contribution in [3.63, 3.8) is 0 Å². The predicted octanol–water partition coefficient (Wildman–Crippen LogP) is 6.10. The van der Waals surface area contributed by atoms with Crippen LogP contribution in [0.25, 0.3) is 12.2 Å². The molecule has 0 saturated carbocycles. The van der Waals surface area contributed by atoms with E-state index < -0.39 is 0 Å². The highest BCUT2D eigenvalue weighted by molar-refractivity contribution is 5.52. The van der Waals surface area contributed by atoms with Gasteiger partial charge in [-0.25, -0.2) is 0 Å². The molecule has 0 aliphatic carbocycles. The van der Waals surface area contributed by atoms with Gasteiger partial charge in [0.1, 0.15) is 0 Å². The molecule has 2 aromatic carbocycles. The maximum absolute atomic E-state index is 3.92. The van der Waals surface area contributed by atoms with Crippen LogP contribution in [-0.2, 0) is 13.1 Å². The normalized spacial score (nSPS) is 11.1. The average molecular weight is 377 g/mol. The summed E-state index contributed by atoms with van der Waals surface area (Å²) in [6.07, 6.45) is 9.01. The molecule has 150 valence electrons. The van der Waals surface area contributed by atoms with Crippen LogP contribution < -0.4 is 0 Å². The zero-order valence-corrected chi connectivity index (χ0v) is 17.7. The molecule has 0 saturated heterocycles. The number of hydrogen-bond acceptors (Lipinski definition) is 2. The molecule has 0 unspecified atom stereocenters. The van der Waals surface area contributed by atoms with Gasteiger partial charge in [-0.3, -0.25) is 0 Å². The fraction of sp³-hybridized carbons (Fsp3) is 0.385. The minimum atomic E-state index is 0.994. The molecule has 2 heteroatoms. The van der Waals surface area contributed by atoms with E-state index in [2.05, 4.69) is 85.6 Å². The lowest BCUT2D eigenvalue weighted by Crippen LogP contribution is -2.20. The van der Waals surface area contributed by atoms with E-state index in [0.29, 0.717) is 0 Å². The Labute approximate surface area is 172 Å². The predicted molar refractivity (Wildman–Crippen MR) is 124 cm³/mol. The molecule has 28 heavy (non-hydrogen) atoms. The van der Waals surface area contributed by atoms with Gasteiger partial charge in [0, 0.05) is 13.1 Å². The molecule has 0 aliphatic heterocycles. The highest BCUT2D eigenvalue weighted by Gasteiger charge is 2.05. The summed E-state index contributed by atoms with van der Waals surface area (Å²) >= 11 is 0. The molecule has 0 radical (unpaired) electrons. The molecule has 0 spiro atoms. The van der Waals surface area contributed by atoms with Crippen LogP contribution in [0, 0.1) is 0 Å². The number of nitrogens with zero attached hydrogens (tertiary/aromatic N) is 2. The van der Waals surface area contributed by atoms with E-state index in [1.54, 1.807) is 0 Å². The summed E-state index contributed by atoms with van der Waals surface area (Å²) in [4.78, 5) is 4.83. The highest BCUT2D eigenvalue weighted by atomic mass is 15.1. The van der Waals surface area contributed by atoms with Crippen molar-refractivity contribution >= 4 is 12.2 Å². The smallest absolute Gasteiger partial charge is 0.0236 e. The maximum atomic E-state index is 3.92. The Morgan fingerprint density at radius 2 is 1.04 bits per heavy atom. The summed E-state index contributed by atoms with van der Waals surface area (Å²) in [5.74, 6) is 0. The van der Waals surface area contributed by atoms with E-state index in [4.69, 9.17) is 0 Å². The summed E-state index contributed by atoms with van der Waals surface area (Å²) < 4.78 is 0. The second kappa shape index (κ2) is 12.3. The van der Waals surface area contributed by atoms with Crippen LogP contribution >= 0.6 is 0 Å². The third kappa shape index (κ3) is 7.46. The van der Waals surface area contributed by atoms with Gasteiger partial charge in [-0.2, -0.15) is 0 Å². The van der Waals surface area contributed by atoms with E-state index in [9.17, 15) is 0 Å². The third-order valence-electron chi connectivity index (χ3n) is 5.26. The minimum absolute atomic E-state index is 0.994. The van der Waals surface area contributed by atoms with Crippen molar-refractivity contribution in [1.82, 2.24) is 9.80 Å². The molecule has 0 heterocycles. The first-order valence-electron chi connectivity index (χ1n) is 10.4. The number of hydrogen-bond donors (Lipinski definition) is 0. The molecule has 0 bridgehead atoms. The lowest BCUT2D eigenvalue weighted by Gasteiger charge is -2.19. The van der Waals surface area contributed by atoms with Crippen molar-refractivity contribution in [2.24, 2.45) is 0 Å². The molecule has 0 amide bonds. The molecular weight excluding hydrogens is 340 g/mol. The summed E-state index contributed by atoms with van der Waals surface area (Å²) in [6.45, 7) is 12.1. The lowest BCUT2D eigenvalue weighted by atomic mass is 10.1. The molecule has 2 nitrogen and oxygen atoms in total. The van der Waals surface area contributed by atoms with E-state index in [1.165, 1.54) is 47.9 Å². The van der Waals surface area contributed by atoms with E-state index in [-0.39, 0.29) is 0 Å². The maximum Gasteiger partial charge on any atom is 0.0236 e. The Kier molecular flexibility index (Phi) is 9.74. The van der Waals surface area contributed by atoms with Crippen molar-refractivity contribution < 1.29 is 0 Å². The van der Waals surface area contributed by atoms with Crippen molar-refractivity contribution in [2.45, 2.75) is 38.8 Å². The first-order valence-corrected chi connectivity index (χ1v) is 10.4. The fourth-order valence-electron chi connectivity index (χ4n) is 3.61. The first-order chi connectivity index (χ1) is 13.6. The Hall–Kier alpha value is -2.16. The molecule has 0 atom stereocenters. The standard InChI is InChI=1S/C26H36N2/c1-5-23-15-9-11-17-25(23)21-27(3)19-13-7-8-14-20-28(4)22-26-18-12-10-16-24(26)6-2/h5-6,9-12,15-18H,1-2,7-8,13-14,19-22H2,3-4H3. The van der Waals surface area contributed by atoms with Gasteiger partial charge in [0.05, 0.1) is 0 Å². The molecule has 0 aromatic heterocycles. The largest absolute Gasteiger partial charge is 0.302 e. The van der Waals surface area contributed by atoms with Crippen molar-refractivity contribution in [3.8, 4) is 0 Å². The molecule has 2 aromatic rings. The summed E-state index contributed by atoms with van der Waals surface area (Å²) in [6, 6.07) is 17.1. The topological polar surface area (TPSA) is 6.48 Å². The molecule has 0 fully saturated rings. The highest BCUT2D eigenvalue weighted by Crippen LogP contribution is 2.14. The van der Waals surface area contributed by atoms with Crippen LogP contribution in [0.2, 0.25) is 0 Å². The van der Waals surface area contributed by atoms with Gasteiger partial charge < -0.3 is 9.80 Å². The number of benzene rings is 2. The monoisotopic (exact) mass is 376 g/mol. The zero-order chi connectivity index (χ0) is 20.2.